The number of carboxylic acids is 1. The fourth-order valence-electron chi connectivity index (χ4n) is 2.03. The van der Waals surface area contributed by atoms with Crippen LogP contribution in [0.2, 0.25) is 0 Å². The minimum atomic E-state index is -4.02. The molecule has 1 unspecified atom stereocenters. The molecule has 0 saturated heterocycles. The molecular weight excluding hydrogens is 298 g/mol. The summed E-state index contributed by atoms with van der Waals surface area (Å²) in [6.07, 6.45) is 0. The van der Waals surface area contributed by atoms with Crippen molar-refractivity contribution in [2.45, 2.75) is 38.6 Å². The third-order valence-corrected chi connectivity index (χ3v) is 4.79. The van der Waals surface area contributed by atoms with Crippen LogP contribution in [0, 0.1) is 19.8 Å². The molecular formula is C13H21NO6S. The Bertz CT molecular complexity index is 617. The van der Waals surface area contributed by atoms with E-state index in [1.54, 1.807) is 0 Å². The molecule has 8 heteroatoms. The Morgan fingerprint density at radius 1 is 1.33 bits per heavy atom. The van der Waals surface area contributed by atoms with Gasteiger partial charge >= 0.3 is 5.97 Å². The Labute approximate surface area is 124 Å². The second-order valence-corrected chi connectivity index (χ2v) is 6.80. The van der Waals surface area contributed by atoms with Gasteiger partial charge in [-0.2, -0.15) is 0 Å². The van der Waals surface area contributed by atoms with Crippen LogP contribution >= 0.6 is 0 Å². The average Bonchev–Trinajstić information content (AvgIpc) is 2.64. The summed E-state index contributed by atoms with van der Waals surface area (Å²) in [6.45, 7) is 6.73. The summed E-state index contributed by atoms with van der Waals surface area (Å²) in [4.78, 5) is 10.9. The molecule has 21 heavy (non-hydrogen) atoms. The number of aromatic carboxylic acids is 1. The fraction of sp³-hybridized carbons (Fsp3) is 0.615. The summed E-state index contributed by atoms with van der Waals surface area (Å²) in [6, 6.07) is -0.462. The molecule has 0 spiro atoms. The molecule has 0 amide bonds. The van der Waals surface area contributed by atoms with Crippen LogP contribution in [0.3, 0.4) is 0 Å². The maximum Gasteiger partial charge on any atom is 0.340 e. The van der Waals surface area contributed by atoms with Gasteiger partial charge in [-0.25, -0.2) is 17.9 Å². The fourth-order valence-corrected chi connectivity index (χ4v) is 3.81. The molecule has 1 heterocycles. The van der Waals surface area contributed by atoms with Gasteiger partial charge in [-0.1, -0.05) is 13.8 Å². The molecule has 0 bridgehead atoms. The number of ether oxygens (including phenoxy) is 1. The van der Waals surface area contributed by atoms with Crippen LogP contribution in [0.5, 0.6) is 0 Å². The summed E-state index contributed by atoms with van der Waals surface area (Å²) in [7, 11) is -2.54. The first-order valence-electron chi connectivity index (χ1n) is 6.46. The SMILES string of the molecule is COCC(NS(=O)(=O)c1c(C)oc(C)c1C(=O)O)C(C)C. The van der Waals surface area contributed by atoms with Crippen LogP contribution in [-0.2, 0) is 14.8 Å². The van der Waals surface area contributed by atoms with Crippen molar-refractivity contribution in [3.8, 4) is 0 Å². The van der Waals surface area contributed by atoms with Gasteiger partial charge in [0.2, 0.25) is 10.0 Å². The second kappa shape index (κ2) is 6.59. The first-order chi connectivity index (χ1) is 9.61. The van der Waals surface area contributed by atoms with E-state index in [0.29, 0.717) is 0 Å². The lowest BCUT2D eigenvalue weighted by atomic mass is 10.1. The Morgan fingerprint density at radius 3 is 2.33 bits per heavy atom. The van der Waals surface area contributed by atoms with Gasteiger partial charge in [0.25, 0.3) is 0 Å². The van der Waals surface area contributed by atoms with E-state index in [1.807, 2.05) is 13.8 Å². The Balaban J connectivity index is 3.28. The highest BCUT2D eigenvalue weighted by Crippen LogP contribution is 2.27. The third-order valence-electron chi connectivity index (χ3n) is 3.15. The third kappa shape index (κ3) is 3.84. The Kier molecular flexibility index (Phi) is 5.54. The predicted octanol–water partition coefficient (Wildman–Crippen LogP) is 1.54. The Morgan fingerprint density at radius 2 is 1.90 bits per heavy atom. The highest BCUT2D eigenvalue weighted by molar-refractivity contribution is 7.89. The number of hydrogen-bond acceptors (Lipinski definition) is 5. The maximum atomic E-state index is 12.5. The zero-order valence-electron chi connectivity index (χ0n) is 12.8. The maximum absolute atomic E-state index is 12.5. The van der Waals surface area contributed by atoms with Gasteiger partial charge in [-0.15, -0.1) is 0 Å². The van der Waals surface area contributed by atoms with Crippen molar-refractivity contribution in [1.82, 2.24) is 4.72 Å². The number of aryl methyl sites for hydroxylation is 2. The van der Waals surface area contributed by atoms with Crippen molar-refractivity contribution >= 4 is 16.0 Å². The number of hydrogen-bond donors (Lipinski definition) is 2. The smallest absolute Gasteiger partial charge is 0.340 e. The summed E-state index contributed by atoms with van der Waals surface area (Å²) < 4.78 is 37.6. The monoisotopic (exact) mass is 319 g/mol. The molecule has 0 saturated carbocycles. The van der Waals surface area contributed by atoms with Crippen molar-refractivity contribution in [1.29, 1.82) is 0 Å². The van der Waals surface area contributed by atoms with Gasteiger partial charge < -0.3 is 14.3 Å². The summed E-state index contributed by atoms with van der Waals surface area (Å²) in [5.74, 6) is -1.23. The van der Waals surface area contributed by atoms with Crippen molar-refractivity contribution < 1.29 is 27.5 Å². The molecule has 7 nitrogen and oxygen atoms in total. The molecule has 0 aliphatic carbocycles. The lowest BCUT2D eigenvalue weighted by Crippen LogP contribution is -2.42. The van der Waals surface area contributed by atoms with Crippen LogP contribution in [0.25, 0.3) is 0 Å². The van der Waals surface area contributed by atoms with E-state index < -0.39 is 22.0 Å². The Hall–Kier alpha value is -1.38. The van der Waals surface area contributed by atoms with Gasteiger partial charge in [0.05, 0.1) is 6.61 Å². The van der Waals surface area contributed by atoms with Crippen LogP contribution in [-0.4, -0.2) is 39.3 Å². The van der Waals surface area contributed by atoms with Crippen molar-refractivity contribution in [3.63, 3.8) is 0 Å². The molecule has 2 N–H and O–H groups in total. The van der Waals surface area contributed by atoms with Crippen molar-refractivity contribution in [3.05, 3.63) is 17.1 Å². The summed E-state index contributed by atoms with van der Waals surface area (Å²) in [5, 5.41) is 9.19. The second-order valence-electron chi connectivity index (χ2n) is 5.15. The van der Waals surface area contributed by atoms with Crippen molar-refractivity contribution in [2.75, 3.05) is 13.7 Å². The van der Waals surface area contributed by atoms with Crippen LogP contribution < -0.4 is 4.72 Å². The van der Waals surface area contributed by atoms with E-state index >= 15 is 0 Å². The molecule has 1 aromatic heterocycles. The summed E-state index contributed by atoms with van der Waals surface area (Å²) >= 11 is 0. The number of carbonyl (C=O) groups is 1. The van der Waals surface area contributed by atoms with E-state index in [0.717, 1.165) is 0 Å². The molecule has 0 radical (unpaired) electrons. The number of sulfonamides is 1. The quantitative estimate of drug-likeness (QED) is 0.789. The summed E-state index contributed by atoms with van der Waals surface area (Å²) in [5.41, 5.74) is -0.333. The van der Waals surface area contributed by atoms with E-state index in [4.69, 9.17) is 9.15 Å². The lowest BCUT2D eigenvalue weighted by molar-refractivity contribution is 0.0691. The van der Waals surface area contributed by atoms with E-state index in [9.17, 15) is 18.3 Å². The van der Waals surface area contributed by atoms with E-state index in [1.165, 1.54) is 21.0 Å². The van der Waals surface area contributed by atoms with E-state index in [2.05, 4.69) is 4.72 Å². The highest BCUT2D eigenvalue weighted by atomic mass is 32.2. The highest BCUT2D eigenvalue weighted by Gasteiger charge is 2.32. The molecule has 1 rings (SSSR count). The molecule has 0 aliphatic rings. The van der Waals surface area contributed by atoms with E-state index in [-0.39, 0.29) is 34.5 Å². The number of methoxy groups -OCH3 is 1. The standard InChI is InChI=1S/C13H21NO6S/c1-7(2)10(6-19-5)14-21(17,18)12-9(4)20-8(3)11(12)13(15)16/h7,10,14H,6H2,1-5H3,(H,15,16). The molecule has 120 valence electrons. The normalized spacial score (nSPS) is 13.6. The number of nitrogens with one attached hydrogen (secondary N) is 1. The van der Waals surface area contributed by atoms with Gasteiger partial charge in [0.15, 0.2) is 0 Å². The lowest BCUT2D eigenvalue weighted by Gasteiger charge is -2.21. The van der Waals surface area contributed by atoms with Crippen LogP contribution in [0.15, 0.2) is 9.31 Å². The minimum absolute atomic E-state index is 0.0127. The molecule has 0 aliphatic heterocycles. The molecule has 1 aromatic rings. The number of carboxylic acid groups (broad SMARTS) is 1. The predicted molar refractivity (Wildman–Crippen MR) is 76.0 cm³/mol. The van der Waals surface area contributed by atoms with Crippen LogP contribution in [0.1, 0.15) is 35.7 Å². The molecule has 0 fully saturated rings. The largest absolute Gasteiger partial charge is 0.478 e. The van der Waals surface area contributed by atoms with Gasteiger partial charge in [0, 0.05) is 13.2 Å². The molecule has 0 aromatic carbocycles. The average molecular weight is 319 g/mol. The number of rotatable bonds is 7. The first kappa shape index (κ1) is 17.7. The topological polar surface area (TPSA) is 106 Å². The van der Waals surface area contributed by atoms with Gasteiger partial charge in [0.1, 0.15) is 22.0 Å². The van der Waals surface area contributed by atoms with Gasteiger partial charge in [-0.3, -0.25) is 0 Å². The number of furan rings is 1. The molecule has 1 atom stereocenters. The van der Waals surface area contributed by atoms with Gasteiger partial charge in [-0.05, 0) is 19.8 Å². The zero-order chi connectivity index (χ0) is 16.4. The zero-order valence-corrected chi connectivity index (χ0v) is 13.6. The van der Waals surface area contributed by atoms with Crippen molar-refractivity contribution in [2.24, 2.45) is 5.92 Å². The first-order valence-corrected chi connectivity index (χ1v) is 7.94. The van der Waals surface area contributed by atoms with Crippen LogP contribution in [0.4, 0.5) is 0 Å². The minimum Gasteiger partial charge on any atom is -0.478 e.